The van der Waals surface area contributed by atoms with Crippen LogP contribution in [0.1, 0.15) is 5.56 Å². The van der Waals surface area contributed by atoms with Crippen LogP contribution in [0.5, 0.6) is 5.75 Å². The summed E-state index contributed by atoms with van der Waals surface area (Å²) in [4.78, 5) is 0. The quantitative estimate of drug-likeness (QED) is 0.596. The van der Waals surface area contributed by atoms with Gasteiger partial charge in [0.25, 0.3) is 0 Å². The molecule has 2 aromatic rings. The zero-order chi connectivity index (χ0) is 13.7. The van der Waals surface area contributed by atoms with Gasteiger partial charge in [0.1, 0.15) is 11.5 Å². The maximum Gasteiger partial charge on any atom is 0.127 e. The predicted molar refractivity (Wildman–Crippen MR) is 76.6 cm³/mol. The molecule has 0 saturated carbocycles. The number of allylic oxidation sites excluding steroid dienone is 1. The molecule has 0 spiro atoms. The molecule has 0 saturated heterocycles. The molecule has 0 amide bonds. The molecule has 0 unspecified atom stereocenters. The summed E-state index contributed by atoms with van der Waals surface area (Å²) in [5.74, 6) is 1.24. The molecule has 0 fully saturated rings. The van der Waals surface area contributed by atoms with Crippen LogP contribution in [-0.2, 0) is 0 Å². The van der Waals surface area contributed by atoms with Crippen molar-refractivity contribution >= 4 is 0 Å². The highest BCUT2D eigenvalue weighted by molar-refractivity contribution is 5.65. The van der Waals surface area contributed by atoms with Gasteiger partial charge in [-0.3, -0.25) is 0 Å². The van der Waals surface area contributed by atoms with E-state index in [1.54, 1.807) is 18.2 Å². The second kappa shape index (κ2) is 5.70. The Kier molecular flexibility index (Phi) is 3.80. The summed E-state index contributed by atoms with van der Waals surface area (Å²) >= 11 is 0. The van der Waals surface area contributed by atoms with Crippen molar-refractivity contribution in [3.05, 3.63) is 79.1 Å². The summed E-state index contributed by atoms with van der Waals surface area (Å²) in [7, 11) is 0. The van der Waals surface area contributed by atoms with Crippen molar-refractivity contribution in [2.24, 2.45) is 0 Å². The van der Waals surface area contributed by atoms with Gasteiger partial charge in [-0.1, -0.05) is 37.4 Å². The fourth-order valence-corrected chi connectivity index (χ4v) is 1.65. The molecule has 0 radical (unpaired) electrons. The molecule has 2 heteroatoms. The van der Waals surface area contributed by atoms with E-state index in [-0.39, 0.29) is 0 Å². The van der Waals surface area contributed by atoms with Gasteiger partial charge in [-0.2, -0.15) is 5.26 Å². The highest BCUT2D eigenvalue weighted by Gasteiger charge is 2.00. The maximum atomic E-state index is 8.76. The molecule has 19 heavy (non-hydrogen) atoms. The lowest BCUT2D eigenvalue weighted by molar-refractivity contribution is 0.447. The number of nitriles is 1. The van der Waals surface area contributed by atoms with Gasteiger partial charge in [0.2, 0.25) is 0 Å². The van der Waals surface area contributed by atoms with Gasteiger partial charge in [-0.15, -0.1) is 0 Å². The third-order valence-corrected chi connectivity index (χ3v) is 2.68. The van der Waals surface area contributed by atoms with Gasteiger partial charge in [0, 0.05) is 0 Å². The molecule has 2 rings (SSSR count). The standard InChI is InChI=1S/C17H13NO/c1-3-13(2)19-17-10-8-16(9-11-17)15-6-4-14(12-18)5-7-15/h3-11H,1-2H2. The molecule has 2 nitrogen and oxygen atoms in total. The first-order valence-electron chi connectivity index (χ1n) is 5.83. The lowest BCUT2D eigenvalue weighted by Gasteiger charge is -2.06. The number of hydrogen-bond acceptors (Lipinski definition) is 2. The molecule has 0 bridgehead atoms. The molecular formula is C17H13NO. The fourth-order valence-electron chi connectivity index (χ4n) is 1.65. The van der Waals surface area contributed by atoms with Crippen molar-refractivity contribution < 1.29 is 4.74 Å². The van der Waals surface area contributed by atoms with Crippen LogP contribution in [-0.4, -0.2) is 0 Å². The van der Waals surface area contributed by atoms with Crippen LogP contribution in [0.3, 0.4) is 0 Å². The molecule has 0 aliphatic rings. The lowest BCUT2D eigenvalue weighted by atomic mass is 10.0. The van der Waals surface area contributed by atoms with E-state index in [0.29, 0.717) is 11.3 Å². The Labute approximate surface area is 112 Å². The molecule has 0 aliphatic carbocycles. The van der Waals surface area contributed by atoms with E-state index in [4.69, 9.17) is 10.00 Å². The largest absolute Gasteiger partial charge is 0.458 e. The van der Waals surface area contributed by atoms with E-state index in [2.05, 4.69) is 19.2 Å². The van der Waals surface area contributed by atoms with Crippen LogP contribution in [0.25, 0.3) is 11.1 Å². The Hall–Kier alpha value is -2.79. The molecular weight excluding hydrogens is 234 g/mol. The van der Waals surface area contributed by atoms with Gasteiger partial charge in [-0.25, -0.2) is 0 Å². The van der Waals surface area contributed by atoms with Crippen LogP contribution in [0.4, 0.5) is 0 Å². The van der Waals surface area contributed by atoms with Crippen LogP contribution >= 0.6 is 0 Å². The van der Waals surface area contributed by atoms with Crippen molar-refractivity contribution in [1.82, 2.24) is 0 Å². The van der Waals surface area contributed by atoms with Crippen LogP contribution in [0, 0.1) is 11.3 Å². The summed E-state index contributed by atoms with van der Waals surface area (Å²) < 4.78 is 5.44. The van der Waals surface area contributed by atoms with Crippen molar-refractivity contribution in [3.8, 4) is 22.9 Å². The Morgan fingerprint density at radius 2 is 1.53 bits per heavy atom. The zero-order valence-electron chi connectivity index (χ0n) is 10.5. The summed E-state index contributed by atoms with van der Waals surface area (Å²) in [5.41, 5.74) is 2.79. The highest BCUT2D eigenvalue weighted by Crippen LogP contribution is 2.23. The Balaban J connectivity index is 2.19. The molecule has 2 aromatic carbocycles. The van der Waals surface area contributed by atoms with E-state index in [1.165, 1.54) is 0 Å². The Bertz CT molecular complexity index is 630. The van der Waals surface area contributed by atoms with E-state index in [9.17, 15) is 0 Å². The van der Waals surface area contributed by atoms with Crippen LogP contribution in [0.15, 0.2) is 73.5 Å². The number of hydrogen-bond donors (Lipinski definition) is 0. The van der Waals surface area contributed by atoms with E-state index in [1.807, 2.05) is 36.4 Å². The number of ether oxygens (including phenoxy) is 1. The zero-order valence-corrected chi connectivity index (χ0v) is 10.5. The van der Waals surface area contributed by atoms with Crippen molar-refractivity contribution in [2.45, 2.75) is 0 Å². The minimum atomic E-state index is 0.520. The van der Waals surface area contributed by atoms with Gasteiger partial charge >= 0.3 is 0 Å². The van der Waals surface area contributed by atoms with Crippen molar-refractivity contribution in [1.29, 1.82) is 5.26 Å². The lowest BCUT2D eigenvalue weighted by Crippen LogP contribution is -1.89. The third kappa shape index (κ3) is 3.11. The topological polar surface area (TPSA) is 33.0 Å². The highest BCUT2D eigenvalue weighted by atomic mass is 16.5. The Morgan fingerprint density at radius 3 is 2.00 bits per heavy atom. The van der Waals surface area contributed by atoms with E-state index in [0.717, 1.165) is 16.9 Å². The smallest absolute Gasteiger partial charge is 0.127 e. The first-order valence-corrected chi connectivity index (χ1v) is 5.83. The summed E-state index contributed by atoms with van der Waals surface area (Å²) in [5, 5.41) is 8.76. The summed E-state index contributed by atoms with van der Waals surface area (Å²) in [6.45, 7) is 7.28. The van der Waals surface area contributed by atoms with Crippen LogP contribution in [0.2, 0.25) is 0 Å². The molecule has 0 N–H and O–H groups in total. The van der Waals surface area contributed by atoms with Gasteiger partial charge in [0.05, 0.1) is 11.6 Å². The van der Waals surface area contributed by atoms with Crippen LogP contribution < -0.4 is 4.74 Å². The number of rotatable bonds is 4. The Morgan fingerprint density at radius 1 is 1.00 bits per heavy atom. The average molecular weight is 247 g/mol. The molecule has 0 aromatic heterocycles. The van der Waals surface area contributed by atoms with E-state index >= 15 is 0 Å². The van der Waals surface area contributed by atoms with Gasteiger partial charge < -0.3 is 4.74 Å². The molecule has 0 atom stereocenters. The second-order valence-electron chi connectivity index (χ2n) is 3.99. The monoisotopic (exact) mass is 247 g/mol. The number of nitrogens with zero attached hydrogens (tertiary/aromatic N) is 1. The minimum Gasteiger partial charge on any atom is -0.458 e. The molecule has 0 aliphatic heterocycles. The van der Waals surface area contributed by atoms with Crippen molar-refractivity contribution in [3.63, 3.8) is 0 Å². The number of benzene rings is 2. The van der Waals surface area contributed by atoms with Gasteiger partial charge in [0.15, 0.2) is 0 Å². The SMILES string of the molecule is C=CC(=C)Oc1ccc(-c2ccc(C#N)cc2)cc1. The van der Waals surface area contributed by atoms with Crippen molar-refractivity contribution in [2.75, 3.05) is 0 Å². The fraction of sp³-hybridized carbons (Fsp3) is 0. The first kappa shape index (κ1) is 12.7. The predicted octanol–water partition coefficient (Wildman–Crippen LogP) is 4.30. The normalized spacial score (nSPS) is 9.42. The minimum absolute atomic E-state index is 0.520. The van der Waals surface area contributed by atoms with E-state index < -0.39 is 0 Å². The summed E-state index contributed by atoms with van der Waals surface area (Å²) in [6, 6.07) is 17.3. The molecule has 92 valence electrons. The summed E-state index contributed by atoms with van der Waals surface area (Å²) in [6.07, 6.45) is 1.56. The average Bonchev–Trinajstić information content (AvgIpc) is 2.48. The second-order valence-corrected chi connectivity index (χ2v) is 3.99. The first-order chi connectivity index (χ1) is 9.22. The third-order valence-electron chi connectivity index (χ3n) is 2.68. The molecule has 0 heterocycles. The van der Waals surface area contributed by atoms with Gasteiger partial charge in [-0.05, 0) is 41.5 Å². The maximum absolute atomic E-state index is 8.76.